The summed E-state index contributed by atoms with van der Waals surface area (Å²) in [6.07, 6.45) is -0.909. The van der Waals surface area contributed by atoms with Gasteiger partial charge < -0.3 is 14.2 Å². The van der Waals surface area contributed by atoms with Crippen molar-refractivity contribution in [3.05, 3.63) is 59.2 Å². The Balaban J connectivity index is 2.37. The lowest BCUT2D eigenvalue weighted by atomic mass is 9.75. The van der Waals surface area contributed by atoms with Crippen LogP contribution >= 0.6 is 0 Å². The molecule has 0 aliphatic rings. The van der Waals surface area contributed by atoms with Gasteiger partial charge in [-0.2, -0.15) is 0 Å². The highest BCUT2D eigenvalue weighted by molar-refractivity contribution is 5.93. The van der Waals surface area contributed by atoms with Crippen LogP contribution in [0.2, 0.25) is 0 Å². The Kier molecular flexibility index (Phi) is 6.17. The molecule has 0 bridgehead atoms. The lowest BCUT2D eigenvalue weighted by molar-refractivity contribution is 0.0597. The normalized spacial score (nSPS) is 11.7. The largest absolute Gasteiger partial charge is 0.519 e. The summed E-state index contributed by atoms with van der Waals surface area (Å²) in [7, 11) is 1.27. The molecule has 2 rings (SSSR count). The zero-order valence-electron chi connectivity index (χ0n) is 17.6. The Bertz CT molecular complexity index is 869. The van der Waals surface area contributed by atoms with E-state index in [9.17, 15) is 9.59 Å². The first-order valence-corrected chi connectivity index (χ1v) is 9.16. The predicted octanol–water partition coefficient (Wildman–Crippen LogP) is 5.65. The van der Waals surface area contributed by atoms with Gasteiger partial charge >= 0.3 is 12.1 Å². The molecule has 0 amide bonds. The van der Waals surface area contributed by atoms with Crippen molar-refractivity contribution >= 4 is 12.1 Å². The third kappa shape index (κ3) is 4.91. The van der Waals surface area contributed by atoms with Crippen LogP contribution in [0.5, 0.6) is 11.5 Å². The van der Waals surface area contributed by atoms with Crippen LogP contribution in [-0.4, -0.2) is 19.2 Å². The van der Waals surface area contributed by atoms with E-state index in [4.69, 9.17) is 14.2 Å². The van der Waals surface area contributed by atoms with Crippen molar-refractivity contribution in [2.24, 2.45) is 0 Å². The van der Waals surface area contributed by atoms with Crippen LogP contribution in [0.15, 0.2) is 42.5 Å². The highest BCUT2D eigenvalue weighted by Gasteiger charge is 2.29. The van der Waals surface area contributed by atoms with Crippen LogP contribution in [0.4, 0.5) is 4.79 Å². The van der Waals surface area contributed by atoms with Gasteiger partial charge in [-0.25, -0.2) is 9.59 Å². The maximum atomic E-state index is 12.5. The predicted molar refractivity (Wildman–Crippen MR) is 108 cm³/mol. The molecule has 0 aliphatic carbocycles. The Morgan fingerprint density at radius 2 is 1.32 bits per heavy atom. The van der Waals surface area contributed by atoms with E-state index in [2.05, 4.69) is 41.5 Å². The second kappa shape index (κ2) is 8.05. The minimum atomic E-state index is -0.909. The van der Waals surface area contributed by atoms with Gasteiger partial charge in [0.15, 0.2) is 0 Å². The number of hydrogen-bond acceptors (Lipinski definition) is 5. The molecule has 0 N–H and O–H groups in total. The molecule has 0 atom stereocenters. The van der Waals surface area contributed by atoms with Gasteiger partial charge in [0.05, 0.1) is 7.11 Å². The summed E-state index contributed by atoms with van der Waals surface area (Å²) in [4.78, 5) is 24.3. The molecular weight excluding hydrogens is 356 g/mol. The van der Waals surface area contributed by atoms with Crippen molar-refractivity contribution < 1.29 is 23.8 Å². The fraction of sp³-hybridized carbons (Fsp3) is 0.391. The number of carbonyl (C=O) groups excluding carboxylic acids is 2. The zero-order valence-corrected chi connectivity index (χ0v) is 17.6. The van der Waals surface area contributed by atoms with E-state index < -0.39 is 12.1 Å². The van der Waals surface area contributed by atoms with Gasteiger partial charge in [0.25, 0.3) is 0 Å². The molecule has 2 aromatic rings. The molecule has 0 fully saturated rings. The Hall–Kier alpha value is -2.82. The number of methoxy groups -OCH3 is 1. The number of rotatable bonds is 3. The van der Waals surface area contributed by atoms with Crippen LogP contribution in [0.3, 0.4) is 0 Å². The maximum absolute atomic E-state index is 12.5. The Morgan fingerprint density at radius 3 is 1.89 bits per heavy atom. The van der Waals surface area contributed by atoms with Crippen molar-refractivity contribution in [3.63, 3.8) is 0 Å². The van der Waals surface area contributed by atoms with E-state index >= 15 is 0 Å². The van der Waals surface area contributed by atoms with E-state index in [1.165, 1.54) is 19.2 Å². The van der Waals surface area contributed by atoms with Crippen LogP contribution < -0.4 is 9.47 Å². The van der Waals surface area contributed by atoms with Gasteiger partial charge in [0, 0.05) is 5.56 Å². The Morgan fingerprint density at radius 1 is 0.750 bits per heavy atom. The quantitative estimate of drug-likeness (QED) is 0.506. The van der Waals surface area contributed by atoms with E-state index in [0.29, 0.717) is 5.75 Å². The molecule has 0 spiro atoms. The molecule has 150 valence electrons. The molecule has 28 heavy (non-hydrogen) atoms. The third-order valence-electron chi connectivity index (χ3n) is 4.26. The van der Waals surface area contributed by atoms with E-state index in [1.807, 2.05) is 12.1 Å². The van der Waals surface area contributed by atoms with E-state index in [1.54, 1.807) is 18.2 Å². The van der Waals surface area contributed by atoms with Gasteiger partial charge in [-0.15, -0.1) is 0 Å². The molecule has 0 unspecified atom stereocenters. The minimum Gasteiger partial charge on any atom is -0.465 e. The molecule has 0 saturated heterocycles. The summed E-state index contributed by atoms with van der Waals surface area (Å²) in [6.45, 7) is 12.6. The fourth-order valence-corrected chi connectivity index (χ4v) is 3.05. The summed E-state index contributed by atoms with van der Waals surface area (Å²) >= 11 is 0. The van der Waals surface area contributed by atoms with Gasteiger partial charge in [-0.3, -0.25) is 0 Å². The number of carbonyl (C=O) groups is 2. The van der Waals surface area contributed by atoms with Crippen molar-refractivity contribution in [2.45, 2.75) is 52.4 Å². The number of para-hydroxylation sites is 1. The first-order valence-electron chi connectivity index (χ1n) is 9.16. The number of esters is 1. The summed E-state index contributed by atoms with van der Waals surface area (Å²) < 4.78 is 15.6. The first-order chi connectivity index (χ1) is 12.9. The summed E-state index contributed by atoms with van der Waals surface area (Å²) in [5.41, 5.74) is 1.83. The van der Waals surface area contributed by atoms with E-state index in [0.717, 1.165) is 11.1 Å². The number of benzene rings is 2. The smallest absolute Gasteiger partial charge is 0.465 e. The van der Waals surface area contributed by atoms with Gasteiger partial charge in [0.1, 0.15) is 17.1 Å². The number of hydrogen-bond donors (Lipinski definition) is 0. The van der Waals surface area contributed by atoms with Crippen LogP contribution in [-0.2, 0) is 15.6 Å². The third-order valence-corrected chi connectivity index (χ3v) is 4.26. The van der Waals surface area contributed by atoms with Crippen molar-refractivity contribution in [1.82, 2.24) is 0 Å². The first kappa shape index (κ1) is 21.5. The molecule has 5 nitrogen and oxygen atoms in total. The van der Waals surface area contributed by atoms with Crippen molar-refractivity contribution in [3.8, 4) is 11.5 Å². The van der Waals surface area contributed by atoms with Crippen LogP contribution in [0.1, 0.15) is 63.0 Å². The molecule has 2 aromatic carbocycles. The standard InChI is InChI=1S/C23H28O5/c1-22(2,3)16-12-10-14-18(19(16)23(4,5)6)28-21(25)27-17-13-9-8-11-15(17)20(24)26-7/h8-14H,1-7H3. The van der Waals surface area contributed by atoms with Gasteiger partial charge in [-0.1, -0.05) is 65.8 Å². The summed E-state index contributed by atoms with van der Waals surface area (Å²) in [6, 6.07) is 12.0. The SMILES string of the molecule is COC(=O)c1ccccc1OC(=O)Oc1cccc(C(C)(C)C)c1C(C)(C)C. The van der Waals surface area contributed by atoms with Crippen molar-refractivity contribution in [1.29, 1.82) is 0 Å². The maximum Gasteiger partial charge on any atom is 0.519 e. The highest BCUT2D eigenvalue weighted by atomic mass is 16.7. The Labute approximate surface area is 166 Å². The number of ether oxygens (including phenoxy) is 3. The average Bonchev–Trinajstić information content (AvgIpc) is 2.59. The summed E-state index contributed by atoms with van der Waals surface area (Å²) in [5.74, 6) is -0.0578. The molecular formula is C23H28O5. The van der Waals surface area contributed by atoms with Crippen molar-refractivity contribution in [2.75, 3.05) is 7.11 Å². The monoisotopic (exact) mass is 384 g/mol. The molecule has 5 heteroatoms. The van der Waals surface area contributed by atoms with Crippen LogP contribution in [0, 0.1) is 0 Å². The highest BCUT2D eigenvalue weighted by Crippen LogP contribution is 2.40. The lowest BCUT2D eigenvalue weighted by Gasteiger charge is -2.31. The topological polar surface area (TPSA) is 61.8 Å². The second-order valence-corrected chi connectivity index (χ2v) is 8.62. The second-order valence-electron chi connectivity index (χ2n) is 8.62. The zero-order chi connectivity index (χ0) is 21.1. The molecule has 0 saturated carbocycles. The summed E-state index contributed by atoms with van der Waals surface area (Å²) in [5, 5.41) is 0. The molecule has 0 radical (unpaired) electrons. The molecule has 0 aromatic heterocycles. The average molecular weight is 384 g/mol. The molecule has 0 heterocycles. The van der Waals surface area contributed by atoms with E-state index in [-0.39, 0.29) is 22.1 Å². The fourth-order valence-electron chi connectivity index (χ4n) is 3.05. The lowest BCUT2D eigenvalue weighted by Crippen LogP contribution is -2.25. The molecule has 0 aliphatic heterocycles. The van der Waals surface area contributed by atoms with Gasteiger partial charge in [0.2, 0.25) is 0 Å². The van der Waals surface area contributed by atoms with Crippen LogP contribution in [0.25, 0.3) is 0 Å². The van der Waals surface area contributed by atoms with Gasteiger partial charge in [-0.05, 0) is 34.6 Å². The minimum absolute atomic E-state index is 0.0867.